The van der Waals surface area contributed by atoms with Crippen molar-refractivity contribution in [1.82, 2.24) is 0 Å². The molecule has 0 aromatic carbocycles. The Labute approximate surface area is 92.3 Å². The van der Waals surface area contributed by atoms with Crippen LogP contribution >= 0.6 is 0 Å². The first-order chi connectivity index (χ1) is 7.38. The zero-order valence-corrected chi connectivity index (χ0v) is 8.93. The molecule has 6 heteroatoms. The molecule has 2 N–H and O–H groups in total. The molecule has 1 rings (SSSR count). The molecular weight excluding hydrogens is 223 g/mol. The molecule has 0 aromatic heterocycles. The van der Waals surface area contributed by atoms with Gasteiger partial charge in [0.1, 0.15) is 5.97 Å². The second kappa shape index (κ2) is 7.27. The van der Waals surface area contributed by atoms with Crippen LogP contribution in [0.4, 0.5) is 13.2 Å². The van der Waals surface area contributed by atoms with Crippen LogP contribution in [0.25, 0.3) is 0 Å². The Kier molecular flexibility index (Phi) is 6.80. The van der Waals surface area contributed by atoms with Crippen molar-refractivity contribution < 1.29 is 28.4 Å². The van der Waals surface area contributed by atoms with E-state index in [9.17, 15) is 13.2 Å². The second-order valence-electron chi connectivity index (χ2n) is 3.59. The zero-order valence-electron chi connectivity index (χ0n) is 8.93. The SMILES string of the molecule is C=CC[NH2+]C1CCCC1.O=C([O-])C(F)(F)F. The van der Waals surface area contributed by atoms with Crippen molar-refractivity contribution >= 4 is 5.97 Å². The van der Waals surface area contributed by atoms with Gasteiger partial charge in [0.25, 0.3) is 0 Å². The van der Waals surface area contributed by atoms with Crippen molar-refractivity contribution in [1.29, 1.82) is 0 Å². The van der Waals surface area contributed by atoms with Crippen LogP contribution in [0, 0.1) is 0 Å². The lowest BCUT2D eigenvalue weighted by atomic mass is 10.2. The number of alkyl halides is 3. The van der Waals surface area contributed by atoms with Crippen LogP contribution in [0.3, 0.4) is 0 Å². The molecule has 1 aliphatic rings. The predicted molar refractivity (Wildman–Crippen MR) is 50.3 cm³/mol. The monoisotopic (exact) mass is 239 g/mol. The Morgan fingerprint density at radius 2 is 1.88 bits per heavy atom. The molecule has 1 saturated carbocycles. The summed E-state index contributed by atoms with van der Waals surface area (Å²) in [6, 6.07) is 0.919. The lowest BCUT2D eigenvalue weighted by molar-refractivity contribution is -0.679. The van der Waals surface area contributed by atoms with Crippen molar-refractivity contribution in [2.24, 2.45) is 0 Å². The Balaban J connectivity index is 0.000000293. The minimum absolute atomic E-state index is 0.919. The van der Waals surface area contributed by atoms with Crippen LogP contribution in [-0.2, 0) is 4.79 Å². The smallest absolute Gasteiger partial charge is 0.430 e. The molecule has 0 spiro atoms. The number of halogens is 3. The highest BCUT2D eigenvalue weighted by Crippen LogP contribution is 2.14. The number of carbonyl (C=O) groups excluding carboxylic acids is 1. The summed E-state index contributed by atoms with van der Waals surface area (Å²) in [5.74, 6) is -3.01. The molecule has 0 amide bonds. The Morgan fingerprint density at radius 3 is 2.19 bits per heavy atom. The lowest BCUT2D eigenvalue weighted by Gasteiger charge is -2.04. The van der Waals surface area contributed by atoms with Gasteiger partial charge < -0.3 is 15.2 Å². The highest BCUT2D eigenvalue weighted by molar-refractivity contribution is 5.70. The van der Waals surface area contributed by atoms with Gasteiger partial charge in [-0.15, -0.1) is 0 Å². The van der Waals surface area contributed by atoms with Crippen molar-refractivity contribution in [3.63, 3.8) is 0 Å². The second-order valence-corrected chi connectivity index (χ2v) is 3.59. The lowest BCUT2D eigenvalue weighted by Crippen LogP contribution is -2.89. The summed E-state index contributed by atoms with van der Waals surface area (Å²) in [6.07, 6.45) is 2.52. The number of nitrogens with two attached hydrogens (primary N) is 1. The molecule has 0 atom stereocenters. The molecule has 0 saturated heterocycles. The van der Waals surface area contributed by atoms with E-state index in [4.69, 9.17) is 9.90 Å². The molecule has 0 heterocycles. The third kappa shape index (κ3) is 7.28. The van der Waals surface area contributed by atoms with Crippen LogP contribution < -0.4 is 10.4 Å². The normalized spacial score (nSPS) is 16.4. The maximum absolute atomic E-state index is 10.5. The van der Waals surface area contributed by atoms with Gasteiger partial charge in [0.05, 0.1) is 12.6 Å². The molecule has 94 valence electrons. The Morgan fingerprint density at radius 1 is 1.44 bits per heavy atom. The van der Waals surface area contributed by atoms with Crippen LogP contribution in [0.5, 0.6) is 0 Å². The van der Waals surface area contributed by atoms with Crippen LogP contribution in [0.15, 0.2) is 12.7 Å². The molecule has 0 aliphatic heterocycles. The largest absolute Gasteiger partial charge is 0.542 e. The van der Waals surface area contributed by atoms with E-state index < -0.39 is 12.1 Å². The van der Waals surface area contributed by atoms with Gasteiger partial charge in [0.15, 0.2) is 0 Å². The summed E-state index contributed by atoms with van der Waals surface area (Å²) < 4.78 is 31.5. The highest BCUT2D eigenvalue weighted by atomic mass is 19.4. The van der Waals surface area contributed by atoms with E-state index in [-0.39, 0.29) is 0 Å². The molecule has 0 radical (unpaired) electrons. The molecule has 16 heavy (non-hydrogen) atoms. The van der Waals surface area contributed by atoms with Gasteiger partial charge in [-0.05, 0) is 31.8 Å². The first-order valence-electron chi connectivity index (χ1n) is 5.10. The average molecular weight is 239 g/mol. The van der Waals surface area contributed by atoms with Gasteiger partial charge in [-0.3, -0.25) is 0 Å². The fourth-order valence-electron chi connectivity index (χ4n) is 1.48. The minimum atomic E-state index is -5.19. The number of rotatable bonds is 3. The summed E-state index contributed by atoms with van der Waals surface area (Å²) in [4.78, 5) is 8.78. The topological polar surface area (TPSA) is 56.7 Å². The number of hydrogen-bond donors (Lipinski definition) is 1. The summed E-state index contributed by atoms with van der Waals surface area (Å²) in [7, 11) is 0. The van der Waals surface area contributed by atoms with E-state index in [0.717, 1.165) is 12.6 Å². The van der Waals surface area contributed by atoms with E-state index in [1.807, 2.05) is 6.08 Å². The van der Waals surface area contributed by atoms with Crippen molar-refractivity contribution in [2.75, 3.05) is 6.54 Å². The van der Waals surface area contributed by atoms with E-state index in [1.54, 1.807) is 0 Å². The zero-order chi connectivity index (χ0) is 12.6. The molecule has 0 bridgehead atoms. The fourth-order valence-corrected chi connectivity index (χ4v) is 1.48. The number of hydrogen-bond acceptors (Lipinski definition) is 2. The maximum Gasteiger partial charge on any atom is 0.430 e. The van der Waals surface area contributed by atoms with Crippen molar-refractivity contribution in [2.45, 2.75) is 37.9 Å². The third-order valence-corrected chi connectivity index (χ3v) is 2.27. The minimum Gasteiger partial charge on any atom is -0.542 e. The summed E-state index contributed by atoms with van der Waals surface area (Å²) >= 11 is 0. The number of carboxylic acids is 1. The molecule has 0 aromatic rings. The molecule has 0 unspecified atom stereocenters. The Bertz CT molecular complexity index is 223. The van der Waals surface area contributed by atoms with Crippen molar-refractivity contribution in [3.8, 4) is 0 Å². The standard InChI is InChI=1S/C8H15N.C2HF3O2/c1-2-7-9-8-5-3-4-6-8;3-2(4,5)1(6)7/h2,8-9H,1,3-7H2;(H,6,7). The molecule has 3 nitrogen and oxygen atoms in total. The first kappa shape index (κ1) is 15.0. The van der Waals surface area contributed by atoms with E-state index in [0.29, 0.717) is 0 Å². The van der Waals surface area contributed by atoms with Gasteiger partial charge in [-0.1, -0.05) is 6.58 Å². The maximum atomic E-state index is 10.5. The van der Waals surface area contributed by atoms with E-state index >= 15 is 0 Å². The van der Waals surface area contributed by atoms with Crippen LogP contribution in [-0.4, -0.2) is 24.7 Å². The Hall–Kier alpha value is -1.04. The van der Waals surface area contributed by atoms with Gasteiger partial charge in [-0.2, -0.15) is 13.2 Å². The molecular formula is C10H16F3NO2. The van der Waals surface area contributed by atoms with Gasteiger partial charge in [0, 0.05) is 0 Å². The number of carbonyl (C=O) groups is 1. The summed E-state index contributed by atoms with van der Waals surface area (Å²) in [5, 5.41) is 11.2. The molecule has 1 fully saturated rings. The van der Waals surface area contributed by atoms with E-state index in [1.165, 1.54) is 25.7 Å². The number of aliphatic carboxylic acids is 1. The van der Waals surface area contributed by atoms with Crippen LogP contribution in [0.2, 0.25) is 0 Å². The number of carboxylic acid groups (broad SMARTS) is 1. The van der Waals surface area contributed by atoms with Gasteiger partial charge in [-0.25, -0.2) is 0 Å². The summed E-state index contributed by atoms with van der Waals surface area (Å²) in [5.41, 5.74) is 0. The predicted octanol–water partition coefficient (Wildman–Crippen LogP) is -0.0230. The quantitative estimate of drug-likeness (QED) is 0.703. The first-order valence-corrected chi connectivity index (χ1v) is 5.10. The highest BCUT2D eigenvalue weighted by Gasteiger charge is 2.28. The molecule has 1 aliphatic carbocycles. The summed E-state index contributed by atoms with van der Waals surface area (Å²) in [6.45, 7) is 4.79. The van der Waals surface area contributed by atoms with Gasteiger partial charge >= 0.3 is 6.18 Å². The third-order valence-electron chi connectivity index (χ3n) is 2.27. The van der Waals surface area contributed by atoms with Crippen LogP contribution in [0.1, 0.15) is 25.7 Å². The number of quaternary nitrogens is 1. The van der Waals surface area contributed by atoms with Crippen molar-refractivity contribution in [3.05, 3.63) is 12.7 Å². The average Bonchev–Trinajstić information content (AvgIpc) is 2.66. The van der Waals surface area contributed by atoms with Gasteiger partial charge in [0.2, 0.25) is 0 Å². The fraction of sp³-hybridized carbons (Fsp3) is 0.700. The van der Waals surface area contributed by atoms with E-state index in [2.05, 4.69) is 11.9 Å².